The van der Waals surface area contributed by atoms with Crippen LogP contribution < -0.4 is 9.62 Å². The monoisotopic (exact) mass is 643 g/mol. The Labute approximate surface area is 271 Å². The maximum Gasteiger partial charge on any atom is 0.264 e. The van der Waals surface area contributed by atoms with E-state index in [1.54, 1.807) is 36.4 Å². The molecule has 1 unspecified atom stereocenters. The Morgan fingerprint density at radius 3 is 1.93 bits per heavy atom. The molecule has 0 aliphatic carbocycles. The number of rotatable bonds is 14. The highest BCUT2D eigenvalue weighted by Gasteiger charge is 2.34. The summed E-state index contributed by atoms with van der Waals surface area (Å²) in [5.41, 5.74) is 3.05. The smallest absolute Gasteiger partial charge is 0.264 e. The molecule has 1 atom stereocenters. The average molecular weight is 644 g/mol. The first-order chi connectivity index (χ1) is 21.6. The van der Waals surface area contributed by atoms with Crippen molar-refractivity contribution in [2.75, 3.05) is 23.7 Å². The quantitative estimate of drug-likeness (QED) is 0.163. The highest BCUT2D eigenvalue weighted by molar-refractivity contribution is 7.98. The molecular formula is C36H41N3O4S2. The van der Waals surface area contributed by atoms with Crippen molar-refractivity contribution in [2.24, 2.45) is 5.92 Å². The van der Waals surface area contributed by atoms with Gasteiger partial charge in [-0.2, -0.15) is 0 Å². The zero-order valence-corrected chi connectivity index (χ0v) is 27.9. The van der Waals surface area contributed by atoms with Crippen LogP contribution in [0.4, 0.5) is 5.69 Å². The lowest BCUT2D eigenvalue weighted by Gasteiger charge is -2.34. The molecule has 7 nitrogen and oxygen atoms in total. The number of benzene rings is 4. The SMILES string of the molecule is CSc1ccc(S(=O)(=O)N(CC(=O)N(Cc2ccccc2)C(Cc2ccccc2)C(=O)NCC(C)C)c2ccc(C)cc2)cc1. The van der Waals surface area contributed by atoms with Crippen molar-refractivity contribution < 1.29 is 18.0 Å². The largest absolute Gasteiger partial charge is 0.354 e. The van der Waals surface area contributed by atoms with E-state index >= 15 is 0 Å². The zero-order valence-electron chi connectivity index (χ0n) is 26.2. The van der Waals surface area contributed by atoms with Crippen LogP contribution in [-0.4, -0.2) is 50.5 Å². The van der Waals surface area contributed by atoms with Crippen LogP contribution >= 0.6 is 11.8 Å². The minimum atomic E-state index is -4.14. The minimum Gasteiger partial charge on any atom is -0.354 e. The Balaban J connectivity index is 1.78. The first kappa shape index (κ1) is 33.8. The topological polar surface area (TPSA) is 86.8 Å². The van der Waals surface area contributed by atoms with Crippen molar-refractivity contribution in [3.05, 3.63) is 126 Å². The number of carbonyl (C=O) groups excluding carboxylic acids is 2. The standard InChI is InChI=1S/C36H41N3O4S2/c1-27(2)24-37-36(41)34(23-29-11-7-5-8-12-29)38(25-30-13-9-6-10-14-30)35(40)26-39(31-17-15-28(3)16-18-31)45(42,43)33-21-19-32(44-4)20-22-33/h5-22,27,34H,23-26H2,1-4H3,(H,37,41). The predicted molar refractivity (Wildman–Crippen MR) is 183 cm³/mol. The lowest BCUT2D eigenvalue weighted by Crippen LogP contribution is -2.53. The fourth-order valence-electron chi connectivity index (χ4n) is 4.87. The van der Waals surface area contributed by atoms with Gasteiger partial charge in [-0.15, -0.1) is 11.8 Å². The van der Waals surface area contributed by atoms with Crippen LogP contribution in [0.25, 0.3) is 0 Å². The van der Waals surface area contributed by atoms with Crippen LogP contribution in [0.2, 0.25) is 0 Å². The third-order valence-electron chi connectivity index (χ3n) is 7.40. The Kier molecular flexibility index (Phi) is 11.8. The number of amides is 2. The van der Waals surface area contributed by atoms with E-state index in [0.717, 1.165) is 25.9 Å². The number of thioether (sulfide) groups is 1. The number of carbonyl (C=O) groups is 2. The van der Waals surface area contributed by atoms with E-state index in [1.807, 2.05) is 99.8 Å². The maximum atomic E-state index is 14.5. The average Bonchev–Trinajstić information content (AvgIpc) is 3.05. The lowest BCUT2D eigenvalue weighted by molar-refractivity contribution is -0.140. The highest BCUT2D eigenvalue weighted by Crippen LogP contribution is 2.27. The fourth-order valence-corrected chi connectivity index (χ4v) is 6.69. The van der Waals surface area contributed by atoms with Crippen molar-refractivity contribution in [1.82, 2.24) is 10.2 Å². The van der Waals surface area contributed by atoms with Gasteiger partial charge in [0.1, 0.15) is 12.6 Å². The van der Waals surface area contributed by atoms with Crippen molar-refractivity contribution in [3.8, 4) is 0 Å². The first-order valence-electron chi connectivity index (χ1n) is 15.0. The van der Waals surface area contributed by atoms with E-state index < -0.39 is 28.5 Å². The van der Waals surface area contributed by atoms with Crippen molar-refractivity contribution >= 4 is 39.3 Å². The molecule has 0 aliphatic rings. The molecule has 0 bridgehead atoms. The summed E-state index contributed by atoms with van der Waals surface area (Å²) in [6.45, 7) is 6.04. The van der Waals surface area contributed by atoms with Crippen LogP contribution in [-0.2, 0) is 32.6 Å². The molecular weight excluding hydrogens is 603 g/mol. The number of anilines is 1. The van der Waals surface area contributed by atoms with E-state index in [4.69, 9.17) is 0 Å². The molecule has 0 aromatic heterocycles. The van der Waals surface area contributed by atoms with Crippen LogP contribution in [0.3, 0.4) is 0 Å². The van der Waals surface area contributed by atoms with Gasteiger partial charge in [0, 0.05) is 24.4 Å². The zero-order chi connectivity index (χ0) is 32.4. The van der Waals surface area contributed by atoms with Gasteiger partial charge >= 0.3 is 0 Å². The van der Waals surface area contributed by atoms with E-state index in [-0.39, 0.29) is 29.7 Å². The molecule has 0 saturated heterocycles. The van der Waals surface area contributed by atoms with Gasteiger partial charge in [0.2, 0.25) is 11.8 Å². The number of hydrogen-bond acceptors (Lipinski definition) is 5. The summed E-state index contributed by atoms with van der Waals surface area (Å²) in [6.07, 6.45) is 2.20. The molecule has 4 aromatic carbocycles. The third-order valence-corrected chi connectivity index (χ3v) is 9.93. The minimum absolute atomic E-state index is 0.0822. The van der Waals surface area contributed by atoms with Gasteiger partial charge in [0.15, 0.2) is 0 Å². The van der Waals surface area contributed by atoms with Gasteiger partial charge in [-0.1, -0.05) is 92.2 Å². The summed E-state index contributed by atoms with van der Waals surface area (Å²) < 4.78 is 29.5. The number of nitrogens with zero attached hydrogens (tertiary/aromatic N) is 2. The number of hydrogen-bond donors (Lipinski definition) is 1. The predicted octanol–water partition coefficient (Wildman–Crippen LogP) is 6.32. The summed E-state index contributed by atoms with van der Waals surface area (Å²) in [5.74, 6) is -0.553. The number of aryl methyl sites for hydroxylation is 1. The second-order valence-electron chi connectivity index (χ2n) is 11.4. The van der Waals surface area contributed by atoms with Gasteiger partial charge in [0.25, 0.3) is 10.0 Å². The third kappa shape index (κ3) is 9.22. The Morgan fingerprint density at radius 2 is 1.38 bits per heavy atom. The van der Waals surface area contributed by atoms with Gasteiger partial charge in [-0.3, -0.25) is 13.9 Å². The normalized spacial score (nSPS) is 12.0. The number of sulfonamides is 1. The van der Waals surface area contributed by atoms with Crippen LogP contribution in [0.1, 0.15) is 30.5 Å². The molecule has 4 rings (SSSR count). The van der Waals surface area contributed by atoms with Crippen molar-refractivity contribution in [3.63, 3.8) is 0 Å². The second-order valence-corrected chi connectivity index (χ2v) is 14.1. The Morgan fingerprint density at radius 1 is 0.800 bits per heavy atom. The first-order valence-corrected chi connectivity index (χ1v) is 17.6. The van der Waals surface area contributed by atoms with Crippen LogP contribution in [0.15, 0.2) is 119 Å². The van der Waals surface area contributed by atoms with Crippen molar-refractivity contribution in [2.45, 2.75) is 49.6 Å². The van der Waals surface area contributed by atoms with Crippen LogP contribution in [0, 0.1) is 12.8 Å². The number of nitrogens with one attached hydrogen (secondary N) is 1. The molecule has 4 aromatic rings. The highest BCUT2D eigenvalue weighted by atomic mass is 32.2. The van der Waals surface area contributed by atoms with Gasteiger partial charge in [-0.05, 0) is 66.6 Å². The summed E-state index contributed by atoms with van der Waals surface area (Å²) >= 11 is 1.51. The van der Waals surface area contributed by atoms with Gasteiger partial charge in [-0.25, -0.2) is 8.42 Å². The Hall–Kier alpha value is -4.08. The molecule has 0 saturated carbocycles. The fraction of sp³-hybridized carbons (Fsp3) is 0.278. The summed E-state index contributed by atoms with van der Waals surface area (Å²) in [5, 5.41) is 3.02. The lowest BCUT2D eigenvalue weighted by atomic mass is 10.0. The van der Waals surface area contributed by atoms with E-state index in [9.17, 15) is 18.0 Å². The molecule has 0 fully saturated rings. The molecule has 9 heteroatoms. The Bertz CT molecular complexity index is 1640. The molecule has 2 amide bonds. The van der Waals surface area contributed by atoms with E-state index in [1.165, 1.54) is 16.7 Å². The van der Waals surface area contributed by atoms with Crippen molar-refractivity contribution in [1.29, 1.82) is 0 Å². The summed E-state index contributed by atoms with van der Waals surface area (Å²) in [7, 11) is -4.14. The molecule has 0 radical (unpaired) electrons. The van der Waals surface area contributed by atoms with E-state index in [2.05, 4.69) is 5.32 Å². The van der Waals surface area contributed by atoms with Gasteiger partial charge < -0.3 is 10.2 Å². The van der Waals surface area contributed by atoms with Crippen LogP contribution in [0.5, 0.6) is 0 Å². The van der Waals surface area contributed by atoms with E-state index in [0.29, 0.717) is 12.2 Å². The summed E-state index contributed by atoms with van der Waals surface area (Å²) in [6, 6.07) is 31.8. The molecule has 0 heterocycles. The van der Waals surface area contributed by atoms with Gasteiger partial charge in [0.05, 0.1) is 10.6 Å². The maximum absolute atomic E-state index is 14.5. The molecule has 0 spiro atoms. The molecule has 236 valence electrons. The summed E-state index contributed by atoms with van der Waals surface area (Å²) in [4.78, 5) is 30.8. The second kappa shape index (κ2) is 15.8. The molecule has 1 N–H and O–H groups in total. The molecule has 0 aliphatic heterocycles. The molecule has 45 heavy (non-hydrogen) atoms.